The molecular formula is C23H25N3O3. The van der Waals surface area contributed by atoms with Gasteiger partial charge in [-0.15, -0.1) is 0 Å². The van der Waals surface area contributed by atoms with Crippen LogP contribution >= 0.6 is 0 Å². The van der Waals surface area contributed by atoms with Crippen LogP contribution in [0.4, 0.5) is 0 Å². The van der Waals surface area contributed by atoms with Gasteiger partial charge in [-0.3, -0.25) is 24.3 Å². The smallest absolute Gasteiger partial charge is 0.242 e. The van der Waals surface area contributed by atoms with Crippen LogP contribution < -0.4 is 0 Å². The Morgan fingerprint density at radius 3 is 2.14 bits per heavy atom. The van der Waals surface area contributed by atoms with Crippen LogP contribution in [0.15, 0.2) is 36.7 Å². The van der Waals surface area contributed by atoms with Gasteiger partial charge in [-0.1, -0.05) is 12.2 Å². The van der Waals surface area contributed by atoms with Crippen LogP contribution in [0.25, 0.3) is 0 Å². The molecule has 2 saturated carbocycles. The molecule has 2 bridgehead atoms. The van der Waals surface area contributed by atoms with Crippen LogP contribution in [-0.4, -0.2) is 52.1 Å². The van der Waals surface area contributed by atoms with Crippen molar-refractivity contribution >= 4 is 17.7 Å². The molecule has 0 unspecified atom stereocenters. The maximum atomic E-state index is 13.1. The second-order valence-electron chi connectivity index (χ2n) is 9.35. The van der Waals surface area contributed by atoms with Gasteiger partial charge in [0.05, 0.1) is 11.8 Å². The molecule has 6 heteroatoms. The first kappa shape index (κ1) is 17.4. The molecule has 0 N–H and O–H groups in total. The summed E-state index contributed by atoms with van der Waals surface area (Å²) in [6, 6.07) is 4.08. The van der Waals surface area contributed by atoms with Gasteiger partial charge in [0, 0.05) is 25.5 Å². The first-order valence-electron chi connectivity index (χ1n) is 10.8. The average molecular weight is 391 g/mol. The number of carbonyl (C=O) groups is 3. The van der Waals surface area contributed by atoms with Crippen LogP contribution in [0.2, 0.25) is 0 Å². The number of piperidine rings is 1. The fraction of sp³-hybridized carbons (Fsp3) is 0.565. The Bertz CT molecular complexity index is 869. The predicted molar refractivity (Wildman–Crippen MR) is 104 cm³/mol. The zero-order valence-electron chi connectivity index (χ0n) is 16.3. The van der Waals surface area contributed by atoms with Gasteiger partial charge in [-0.2, -0.15) is 0 Å². The molecular weight excluding hydrogens is 366 g/mol. The number of rotatable bonds is 3. The minimum Gasteiger partial charge on any atom is -0.341 e. The highest BCUT2D eigenvalue weighted by atomic mass is 16.2. The lowest BCUT2D eigenvalue weighted by Gasteiger charge is -2.37. The van der Waals surface area contributed by atoms with Gasteiger partial charge in [0.25, 0.3) is 0 Å². The second-order valence-corrected chi connectivity index (χ2v) is 9.35. The normalized spacial score (nSPS) is 37.7. The molecule has 150 valence electrons. The molecule has 2 aliphatic heterocycles. The van der Waals surface area contributed by atoms with E-state index in [1.165, 1.54) is 10.5 Å². The van der Waals surface area contributed by atoms with E-state index in [4.69, 9.17) is 0 Å². The van der Waals surface area contributed by atoms with Crippen LogP contribution in [0.1, 0.15) is 30.7 Å². The number of aromatic nitrogens is 1. The van der Waals surface area contributed by atoms with Crippen molar-refractivity contribution in [2.24, 2.45) is 35.5 Å². The van der Waals surface area contributed by atoms with Gasteiger partial charge >= 0.3 is 0 Å². The van der Waals surface area contributed by atoms with E-state index in [1.807, 2.05) is 29.4 Å². The number of pyridine rings is 1. The third-order valence-corrected chi connectivity index (χ3v) is 8.07. The SMILES string of the molecule is O=C(CN1C(=O)[C@@H]2[C@H]3C=C[C@@H]([C@@H]4C[C@@H]34)[C@@H]2C1=O)N1CCC(c2ccncc2)CC1. The molecule has 4 aliphatic carbocycles. The molecule has 6 atom stereocenters. The number of likely N-dealkylation sites (tertiary alicyclic amines) is 2. The molecule has 29 heavy (non-hydrogen) atoms. The molecule has 2 saturated heterocycles. The summed E-state index contributed by atoms with van der Waals surface area (Å²) in [5, 5.41) is 0. The summed E-state index contributed by atoms with van der Waals surface area (Å²) < 4.78 is 0. The Hall–Kier alpha value is -2.50. The highest BCUT2D eigenvalue weighted by Gasteiger charge is 2.67. The molecule has 1 aromatic rings. The molecule has 0 radical (unpaired) electrons. The van der Waals surface area contributed by atoms with E-state index in [1.54, 1.807) is 0 Å². The molecule has 6 nitrogen and oxygen atoms in total. The number of hydrogen-bond acceptors (Lipinski definition) is 4. The minimum atomic E-state index is -0.216. The zero-order valence-corrected chi connectivity index (χ0v) is 16.3. The van der Waals surface area contributed by atoms with Crippen LogP contribution in [-0.2, 0) is 14.4 Å². The highest BCUT2D eigenvalue weighted by Crippen LogP contribution is 2.65. The molecule has 0 spiro atoms. The number of imide groups is 1. The van der Waals surface area contributed by atoms with Gasteiger partial charge in [0.15, 0.2) is 0 Å². The van der Waals surface area contributed by atoms with Gasteiger partial charge in [0.1, 0.15) is 6.54 Å². The van der Waals surface area contributed by atoms with Crippen LogP contribution in [0.5, 0.6) is 0 Å². The summed E-state index contributed by atoms with van der Waals surface area (Å²) in [5.41, 5.74) is 1.27. The van der Waals surface area contributed by atoms with Gasteiger partial charge in [-0.05, 0) is 66.5 Å². The lowest BCUT2D eigenvalue weighted by Crippen LogP contribution is -2.46. The second kappa shape index (κ2) is 6.25. The standard InChI is InChI=1S/C23H25N3O3/c27-19(25-9-5-14(6-10-25)13-3-7-24-8-4-13)12-26-22(28)20-15-1-2-16(18-11-17(15)18)21(20)23(26)29/h1-4,7-8,14-18,20-21H,5-6,9-12H2/t15-,16-,17-,18-,20-,21+/m0/s1. The van der Waals surface area contributed by atoms with E-state index in [0.29, 0.717) is 30.8 Å². The van der Waals surface area contributed by atoms with Crippen molar-refractivity contribution in [3.8, 4) is 0 Å². The monoisotopic (exact) mass is 391 g/mol. The Morgan fingerprint density at radius 2 is 1.55 bits per heavy atom. The van der Waals surface area contributed by atoms with Gasteiger partial charge < -0.3 is 4.90 Å². The summed E-state index contributed by atoms with van der Waals surface area (Å²) in [6.45, 7) is 1.26. The Balaban J connectivity index is 1.11. The van der Waals surface area contributed by atoms with E-state index >= 15 is 0 Å². The fourth-order valence-corrected chi connectivity index (χ4v) is 6.51. The van der Waals surface area contributed by atoms with Crippen LogP contribution in [0, 0.1) is 35.5 Å². The predicted octanol–water partition coefficient (Wildman–Crippen LogP) is 1.84. The van der Waals surface area contributed by atoms with Gasteiger partial charge in [-0.25, -0.2) is 0 Å². The number of amides is 3. The van der Waals surface area contributed by atoms with Crippen molar-refractivity contribution in [2.75, 3.05) is 19.6 Å². The summed E-state index contributed by atoms with van der Waals surface area (Å²) in [5.74, 6) is 1.30. The van der Waals surface area contributed by atoms with E-state index < -0.39 is 0 Å². The highest BCUT2D eigenvalue weighted by molar-refractivity contribution is 6.08. The van der Waals surface area contributed by atoms with E-state index in [0.717, 1.165) is 19.3 Å². The molecule has 7 rings (SSSR count). The number of carbonyl (C=O) groups excluding carboxylic acids is 3. The number of nitrogens with zero attached hydrogens (tertiary/aromatic N) is 3. The Labute approximate surface area is 170 Å². The van der Waals surface area contributed by atoms with Crippen molar-refractivity contribution in [1.82, 2.24) is 14.8 Å². The Kier molecular flexibility index (Phi) is 3.74. The molecule has 1 aromatic heterocycles. The molecule has 4 fully saturated rings. The molecule has 0 aromatic carbocycles. The van der Waals surface area contributed by atoms with Crippen molar-refractivity contribution < 1.29 is 14.4 Å². The van der Waals surface area contributed by atoms with Crippen molar-refractivity contribution in [1.29, 1.82) is 0 Å². The first-order valence-corrected chi connectivity index (χ1v) is 10.8. The summed E-state index contributed by atoms with van der Waals surface area (Å²) in [7, 11) is 0. The summed E-state index contributed by atoms with van der Waals surface area (Å²) in [4.78, 5) is 46.2. The lowest BCUT2D eigenvalue weighted by molar-refractivity contribution is -0.147. The molecule has 3 amide bonds. The number of allylic oxidation sites excluding steroid dienone is 2. The third kappa shape index (κ3) is 2.54. The fourth-order valence-electron chi connectivity index (χ4n) is 6.51. The largest absolute Gasteiger partial charge is 0.341 e. The lowest BCUT2D eigenvalue weighted by atomic mass is 9.63. The van der Waals surface area contributed by atoms with Crippen molar-refractivity contribution in [3.05, 3.63) is 42.2 Å². The maximum absolute atomic E-state index is 13.1. The zero-order chi connectivity index (χ0) is 19.7. The quantitative estimate of drug-likeness (QED) is 0.582. The van der Waals surface area contributed by atoms with E-state index in [2.05, 4.69) is 17.1 Å². The molecule has 3 heterocycles. The molecule has 6 aliphatic rings. The Morgan fingerprint density at radius 1 is 0.966 bits per heavy atom. The topological polar surface area (TPSA) is 70.6 Å². The van der Waals surface area contributed by atoms with Crippen LogP contribution in [0.3, 0.4) is 0 Å². The van der Waals surface area contributed by atoms with Crippen molar-refractivity contribution in [2.45, 2.75) is 25.2 Å². The number of hydrogen-bond donors (Lipinski definition) is 0. The van der Waals surface area contributed by atoms with E-state index in [9.17, 15) is 14.4 Å². The maximum Gasteiger partial charge on any atom is 0.242 e. The van der Waals surface area contributed by atoms with Gasteiger partial charge in [0.2, 0.25) is 17.7 Å². The minimum absolute atomic E-state index is 0.0840. The summed E-state index contributed by atoms with van der Waals surface area (Å²) in [6.07, 6.45) is 10.9. The third-order valence-electron chi connectivity index (χ3n) is 8.07. The van der Waals surface area contributed by atoms with E-state index in [-0.39, 0.29) is 47.9 Å². The summed E-state index contributed by atoms with van der Waals surface area (Å²) >= 11 is 0. The van der Waals surface area contributed by atoms with Crippen molar-refractivity contribution in [3.63, 3.8) is 0 Å². The first-order chi connectivity index (χ1) is 14.1. The average Bonchev–Trinajstić information content (AvgIpc) is 3.55.